The monoisotopic (exact) mass is 368 g/mol. The van der Waals surface area contributed by atoms with Crippen LogP contribution in [0, 0.1) is 5.92 Å². The van der Waals surface area contributed by atoms with E-state index in [4.69, 9.17) is 4.74 Å². The van der Waals surface area contributed by atoms with E-state index in [1.54, 1.807) is 11.3 Å². The van der Waals surface area contributed by atoms with Crippen molar-refractivity contribution in [2.24, 2.45) is 5.92 Å². The third kappa shape index (κ3) is 3.55. The highest BCUT2D eigenvalue weighted by Gasteiger charge is 2.43. The number of fused-ring (bicyclic) bond motifs is 1. The fraction of sp³-hybridized carbons (Fsp3) is 0.545. The molecule has 3 heterocycles. The maximum Gasteiger partial charge on any atom is 0.124 e. The van der Waals surface area contributed by atoms with Crippen LogP contribution in [-0.4, -0.2) is 30.1 Å². The van der Waals surface area contributed by atoms with Crippen LogP contribution in [0.25, 0.3) is 0 Å². The number of para-hydroxylation sites is 1. The van der Waals surface area contributed by atoms with Crippen molar-refractivity contribution in [1.29, 1.82) is 0 Å². The van der Waals surface area contributed by atoms with Crippen molar-refractivity contribution in [3.05, 3.63) is 52.2 Å². The van der Waals surface area contributed by atoms with Crippen molar-refractivity contribution in [3.8, 4) is 5.75 Å². The molecule has 1 unspecified atom stereocenters. The van der Waals surface area contributed by atoms with Gasteiger partial charge >= 0.3 is 0 Å². The summed E-state index contributed by atoms with van der Waals surface area (Å²) in [5, 5.41) is 8.22. The van der Waals surface area contributed by atoms with Crippen LogP contribution in [0.3, 0.4) is 0 Å². The number of ether oxygens (including phenoxy) is 1. The van der Waals surface area contributed by atoms with Crippen LogP contribution >= 0.6 is 11.3 Å². The lowest BCUT2D eigenvalue weighted by atomic mass is 9.80. The number of hydrogen-bond acceptors (Lipinski definition) is 4. The Labute approximate surface area is 160 Å². The van der Waals surface area contributed by atoms with Crippen LogP contribution in [-0.2, 0) is 6.54 Å². The summed E-state index contributed by atoms with van der Waals surface area (Å²) in [4.78, 5) is 2.67. The molecule has 1 atom stereocenters. The Kier molecular flexibility index (Phi) is 4.51. The van der Waals surface area contributed by atoms with Gasteiger partial charge in [-0.15, -0.1) is 0 Å². The van der Waals surface area contributed by atoms with Crippen molar-refractivity contribution in [2.75, 3.05) is 19.6 Å². The molecule has 0 bridgehead atoms. The van der Waals surface area contributed by atoms with Gasteiger partial charge in [0.1, 0.15) is 11.4 Å². The van der Waals surface area contributed by atoms with E-state index < -0.39 is 0 Å². The van der Waals surface area contributed by atoms with Gasteiger partial charge in [-0.2, -0.15) is 11.3 Å². The molecule has 1 N–H and O–H groups in total. The number of rotatable bonds is 5. The van der Waals surface area contributed by atoms with Gasteiger partial charge in [-0.3, -0.25) is 0 Å². The molecule has 1 spiro atoms. The summed E-state index contributed by atoms with van der Waals surface area (Å²) in [5.41, 5.74) is 2.72. The smallest absolute Gasteiger partial charge is 0.124 e. The molecule has 0 amide bonds. The zero-order chi connectivity index (χ0) is 17.4. The summed E-state index contributed by atoms with van der Waals surface area (Å²) < 4.78 is 6.63. The number of piperidine rings is 1. The van der Waals surface area contributed by atoms with Crippen molar-refractivity contribution in [3.63, 3.8) is 0 Å². The van der Waals surface area contributed by atoms with E-state index in [2.05, 4.69) is 51.3 Å². The summed E-state index contributed by atoms with van der Waals surface area (Å²) in [6.07, 6.45) is 6.29. The molecule has 1 aromatic heterocycles. The van der Waals surface area contributed by atoms with Gasteiger partial charge in [0, 0.05) is 44.2 Å². The Morgan fingerprint density at radius 2 is 2.00 bits per heavy atom. The van der Waals surface area contributed by atoms with Crippen LogP contribution in [0.5, 0.6) is 5.75 Å². The zero-order valence-electron chi connectivity index (χ0n) is 15.3. The molecule has 4 heteroatoms. The Morgan fingerprint density at radius 1 is 1.15 bits per heavy atom. The Balaban J connectivity index is 1.31. The second-order valence-corrected chi connectivity index (χ2v) is 9.12. The first-order valence-electron chi connectivity index (χ1n) is 10.0. The van der Waals surface area contributed by atoms with Crippen molar-refractivity contribution < 1.29 is 4.74 Å². The van der Waals surface area contributed by atoms with E-state index >= 15 is 0 Å². The zero-order valence-corrected chi connectivity index (χ0v) is 16.1. The molecule has 2 aromatic rings. The summed E-state index contributed by atoms with van der Waals surface area (Å²) in [7, 11) is 0. The lowest BCUT2D eigenvalue weighted by Gasteiger charge is -2.47. The summed E-state index contributed by atoms with van der Waals surface area (Å²) in [6, 6.07) is 11.2. The number of likely N-dealkylation sites (tertiary alicyclic amines) is 1. The fourth-order valence-electron chi connectivity index (χ4n) is 4.55. The average Bonchev–Trinajstić information content (AvgIpc) is 3.33. The number of hydrogen-bond donors (Lipinski definition) is 1. The van der Waals surface area contributed by atoms with Gasteiger partial charge in [0.05, 0.1) is 0 Å². The van der Waals surface area contributed by atoms with Crippen molar-refractivity contribution in [1.82, 2.24) is 10.2 Å². The van der Waals surface area contributed by atoms with Crippen molar-refractivity contribution in [2.45, 2.75) is 50.3 Å². The van der Waals surface area contributed by atoms with Gasteiger partial charge in [0.2, 0.25) is 0 Å². The maximum absolute atomic E-state index is 6.63. The topological polar surface area (TPSA) is 24.5 Å². The normalized spacial score (nSPS) is 25.0. The highest BCUT2D eigenvalue weighted by atomic mass is 32.1. The molecule has 26 heavy (non-hydrogen) atoms. The Morgan fingerprint density at radius 3 is 2.77 bits per heavy atom. The molecule has 3 aliphatic rings. The first-order valence-corrected chi connectivity index (χ1v) is 11.0. The minimum absolute atomic E-state index is 0.0146. The van der Waals surface area contributed by atoms with Crippen molar-refractivity contribution >= 4 is 11.3 Å². The molecular weight excluding hydrogens is 340 g/mol. The molecule has 1 saturated carbocycles. The average molecular weight is 369 g/mol. The van der Waals surface area contributed by atoms with E-state index in [1.807, 2.05) is 0 Å². The number of nitrogens with zero attached hydrogens (tertiary/aromatic N) is 1. The van der Waals surface area contributed by atoms with Crippen LogP contribution in [0.4, 0.5) is 0 Å². The minimum atomic E-state index is 0.0146. The number of thiophene rings is 1. The molecule has 2 fully saturated rings. The third-order valence-electron chi connectivity index (χ3n) is 6.31. The van der Waals surface area contributed by atoms with E-state index in [-0.39, 0.29) is 5.60 Å². The van der Waals surface area contributed by atoms with Gasteiger partial charge in [0.15, 0.2) is 0 Å². The Bertz CT molecular complexity index is 732. The van der Waals surface area contributed by atoms with Gasteiger partial charge in [-0.25, -0.2) is 0 Å². The largest absolute Gasteiger partial charge is 0.487 e. The molecule has 1 aliphatic carbocycles. The van der Waals surface area contributed by atoms with Crippen LogP contribution in [0.1, 0.15) is 49.3 Å². The number of nitrogens with one attached hydrogen (secondary N) is 1. The van der Waals surface area contributed by atoms with E-state index in [1.165, 1.54) is 43.6 Å². The molecule has 3 nitrogen and oxygen atoms in total. The lowest BCUT2D eigenvalue weighted by molar-refractivity contribution is -0.0263. The Hall–Kier alpha value is -1.36. The predicted molar refractivity (Wildman–Crippen MR) is 107 cm³/mol. The lowest BCUT2D eigenvalue weighted by Crippen LogP contribution is -2.52. The minimum Gasteiger partial charge on any atom is -0.487 e. The summed E-state index contributed by atoms with van der Waals surface area (Å²) >= 11 is 1.77. The van der Waals surface area contributed by atoms with Gasteiger partial charge < -0.3 is 15.0 Å². The van der Waals surface area contributed by atoms with Gasteiger partial charge in [-0.1, -0.05) is 18.2 Å². The summed E-state index contributed by atoms with van der Waals surface area (Å²) in [6.45, 7) is 4.63. The van der Waals surface area contributed by atoms with Gasteiger partial charge in [0.25, 0.3) is 0 Å². The first kappa shape index (κ1) is 16.8. The number of benzene rings is 1. The van der Waals surface area contributed by atoms with Crippen LogP contribution < -0.4 is 10.1 Å². The molecule has 138 valence electrons. The standard InChI is InChI=1S/C22H28N2OS/c1-2-4-21-19(3-1)20(23-14-18-7-12-26-16-18)13-22(25-21)8-10-24(11-9-22)15-17-5-6-17/h1-4,7,12,16-17,20,23H,5-6,8-11,13-15H2. The summed E-state index contributed by atoms with van der Waals surface area (Å²) in [5.74, 6) is 2.08. The fourth-order valence-corrected chi connectivity index (χ4v) is 5.22. The molecule has 0 radical (unpaired) electrons. The first-order chi connectivity index (χ1) is 12.8. The predicted octanol–water partition coefficient (Wildman–Crippen LogP) is 4.61. The molecular formula is C22H28N2OS. The molecule has 5 rings (SSSR count). The SMILES string of the molecule is c1ccc2c(c1)OC1(CCN(CC3CC3)CC1)CC2NCc1ccsc1. The molecule has 1 aromatic carbocycles. The molecule has 1 saturated heterocycles. The van der Waals surface area contributed by atoms with E-state index in [0.717, 1.165) is 37.5 Å². The quantitative estimate of drug-likeness (QED) is 0.834. The highest BCUT2D eigenvalue weighted by Crippen LogP contribution is 2.44. The maximum atomic E-state index is 6.63. The van der Waals surface area contributed by atoms with E-state index in [9.17, 15) is 0 Å². The highest BCUT2D eigenvalue weighted by molar-refractivity contribution is 7.07. The van der Waals surface area contributed by atoms with Crippen LogP contribution in [0.2, 0.25) is 0 Å². The second kappa shape index (κ2) is 6.99. The second-order valence-electron chi connectivity index (χ2n) is 8.34. The molecule has 2 aliphatic heterocycles. The van der Waals surface area contributed by atoms with E-state index in [0.29, 0.717) is 6.04 Å². The van der Waals surface area contributed by atoms with Gasteiger partial charge in [-0.05, 0) is 60.1 Å². The van der Waals surface area contributed by atoms with Crippen LogP contribution in [0.15, 0.2) is 41.1 Å². The third-order valence-corrected chi connectivity index (χ3v) is 7.04.